The van der Waals surface area contributed by atoms with E-state index in [1.54, 1.807) is 0 Å². The van der Waals surface area contributed by atoms with E-state index in [2.05, 4.69) is 49.9 Å². The smallest absolute Gasteiger partial charge is 0.307 e. The van der Waals surface area contributed by atoms with Crippen molar-refractivity contribution in [1.29, 1.82) is 0 Å². The van der Waals surface area contributed by atoms with E-state index in [4.69, 9.17) is 0 Å². The Morgan fingerprint density at radius 1 is 1.04 bits per heavy atom. The molecule has 2 aromatic carbocycles. The van der Waals surface area contributed by atoms with Crippen molar-refractivity contribution >= 4 is 5.97 Å². The zero-order valence-electron chi connectivity index (χ0n) is 17.3. The molecular weight excluding hydrogens is 346 g/mol. The van der Waals surface area contributed by atoms with Crippen LogP contribution in [-0.4, -0.2) is 28.6 Å². The van der Waals surface area contributed by atoms with Gasteiger partial charge in [0.05, 0.1) is 6.42 Å². The van der Waals surface area contributed by atoms with Crippen LogP contribution in [-0.2, 0) is 24.2 Å². The molecule has 2 aromatic rings. The molecule has 1 aliphatic heterocycles. The molecule has 0 saturated heterocycles. The minimum atomic E-state index is -0.751. The molecule has 1 aliphatic carbocycles. The second-order valence-electron chi connectivity index (χ2n) is 8.66. The van der Waals surface area contributed by atoms with E-state index in [1.807, 2.05) is 0 Å². The third-order valence-electron chi connectivity index (χ3n) is 6.92. The molecule has 1 N–H and O–H groups in total. The molecule has 28 heavy (non-hydrogen) atoms. The van der Waals surface area contributed by atoms with Gasteiger partial charge in [0.2, 0.25) is 0 Å². The molecule has 2 aliphatic rings. The van der Waals surface area contributed by atoms with Gasteiger partial charge in [-0.3, -0.25) is 9.69 Å². The maximum Gasteiger partial charge on any atom is 0.307 e. The molecule has 148 valence electrons. The number of nitrogens with zero attached hydrogens (tertiary/aromatic N) is 1. The molecular formula is C25H31NO2. The van der Waals surface area contributed by atoms with E-state index in [0.717, 1.165) is 42.2 Å². The van der Waals surface area contributed by atoms with Crippen LogP contribution in [0.1, 0.15) is 59.1 Å². The minimum absolute atomic E-state index is 0.0928. The summed E-state index contributed by atoms with van der Waals surface area (Å²) in [6.45, 7) is 8.55. The Morgan fingerprint density at radius 2 is 1.71 bits per heavy atom. The van der Waals surface area contributed by atoms with Crippen LogP contribution in [0.4, 0.5) is 0 Å². The first-order valence-corrected chi connectivity index (χ1v) is 10.6. The number of carbonyl (C=O) groups is 1. The number of fused-ring (bicyclic) bond motifs is 1. The number of hydrogen-bond acceptors (Lipinski definition) is 2. The van der Waals surface area contributed by atoms with Crippen molar-refractivity contribution in [3.05, 3.63) is 57.6 Å². The number of hydrogen-bond donors (Lipinski definition) is 1. The van der Waals surface area contributed by atoms with Gasteiger partial charge >= 0.3 is 5.97 Å². The summed E-state index contributed by atoms with van der Waals surface area (Å²) in [7, 11) is 0. The van der Waals surface area contributed by atoms with Crippen LogP contribution in [0.5, 0.6) is 0 Å². The van der Waals surface area contributed by atoms with Gasteiger partial charge in [-0.2, -0.15) is 0 Å². The van der Waals surface area contributed by atoms with Crippen molar-refractivity contribution in [2.24, 2.45) is 0 Å². The van der Waals surface area contributed by atoms with E-state index in [9.17, 15) is 9.90 Å². The van der Waals surface area contributed by atoms with Gasteiger partial charge in [-0.05, 0) is 79.0 Å². The van der Waals surface area contributed by atoms with E-state index in [1.165, 1.54) is 53.5 Å². The highest BCUT2D eigenvalue weighted by Crippen LogP contribution is 2.39. The highest BCUT2D eigenvalue weighted by atomic mass is 16.4. The molecule has 0 bridgehead atoms. The monoisotopic (exact) mass is 377 g/mol. The van der Waals surface area contributed by atoms with E-state index in [-0.39, 0.29) is 6.42 Å². The van der Waals surface area contributed by atoms with Crippen LogP contribution in [0.15, 0.2) is 24.3 Å². The van der Waals surface area contributed by atoms with Crippen molar-refractivity contribution in [3.63, 3.8) is 0 Å². The molecule has 0 atom stereocenters. The summed E-state index contributed by atoms with van der Waals surface area (Å²) < 4.78 is 0. The Balaban J connectivity index is 1.84. The van der Waals surface area contributed by atoms with Crippen molar-refractivity contribution in [2.75, 3.05) is 6.54 Å². The first-order valence-electron chi connectivity index (χ1n) is 10.6. The predicted molar refractivity (Wildman–Crippen MR) is 114 cm³/mol. The highest BCUT2D eigenvalue weighted by molar-refractivity contribution is 5.81. The second kappa shape index (κ2) is 7.71. The average Bonchev–Trinajstić information content (AvgIpc) is 3.21. The normalized spacial score (nSPS) is 17.7. The Bertz CT molecular complexity index is 892. The molecule has 0 spiro atoms. The highest BCUT2D eigenvalue weighted by Gasteiger charge is 2.30. The Kier molecular flexibility index (Phi) is 5.29. The lowest BCUT2D eigenvalue weighted by atomic mass is 9.80. The van der Waals surface area contributed by atoms with E-state index >= 15 is 0 Å². The molecule has 1 saturated carbocycles. The standard InChI is InChI=1S/C25H31NO2/c1-16-8-10-19(11-9-16)25-18(3)23-15-26(20-6-4-5-7-20)13-12-21(23)17(2)22(25)14-24(27)28/h8-11,20H,4-7,12-15H2,1-3H3,(H,27,28). The summed E-state index contributed by atoms with van der Waals surface area (Å²) in [5, 5.41) is 9.58. The lowest BCUT2D eigenvalue weighted by Crippen LogP contribution is -2.38. The number of rotatable bonds is 4. The quantitative estimate of drug-likeness (QED) is 0.795. The van der Waals surface area contributed by atoms with Crippen molar-refractivity contribution < 1.29 is 9.90 Å². The van der Waals surface area contributed by atoms with Crippen LogP contribution >= 0.6 is 0 Å². The summed E-state index contributed by atoms with van der Waals surface area (Å²) in [4.78, 5) is 14.3. The van der Waals surface area contributed by atoms with Gasteiger partial charge in [-0.15, -0.1) is 0 Å². The number of carboxylic acid groups (broad SMARTS) is 1. The summed E-state index contributed by atoms with van der Waals surface area (Å²) in [6.07, 6.45) is 6.51. The third-order valence-corrected chi connectivity index (χ3v) is 6.92. The van der Waals surface area contributed by atoms with Crippen molar-refractivity contribution in [3.8, 4) is 11.1 Å². The molecule has 1 heterocycles. The largest absolute Gasteiger partial charge is 0.481 e. The predicted octanol–water partition coefficient (Wildman–Crippen LogP) is 5.21. The minimum Gasteiger partial charge on any atom is -0.481 e. The van der Waals surface area contributed by atoms with Gasteiger partial charge in [0.15, 0.2) is 0 Å². The summed E-state index contributed by atoms with van der Waals surface area (Å²) in [5.41, 5.74) is 9.84. The zero-order valence-corrected chi connectivity index (χ0v) is 17.3. The summed E-state index contributed by atoms with van der Waals surface area (Å²) in [6, 6.07) is 9.27. The number of benzene rings is 2. The maximum atomic E-state index is 11.7. The first kappa shape index (κ1) is 19.2. The van der Waals surface area contributed by atoms with Gasteiger partial charge in [0.1, 0.15) is 0 Å². The van der Waals surface area contributed by atoms with Gasteiger partial charge in [-0.25, -0.2) is 0 Å². The average molecular weight is 378 g/mol. The number of aryl methyl sites for hydroxylation is 1. The molecule has 3 nitrogen and oxygen atoms in total. The SMILES string of the molecule is Cc1ccc(-c2c(C)c3c(c(C)c2CC(=O)O)CCN(C2CCCC2)C3)cc1. The fraction of sp³-hybridized carbons (Fsp3) is 0.480. The lowest BCUT2D eigenvalue weighted by Gasteiger charge is -2.36. The summed E-state index contributed by atoms with van der Waals surface area (Å²) >= 11 is 0. The summed E-state index contributed by atoms with van der Waals surface area (Å²) in [5.74, 6) is -0.751. The molecule has 0 radical (unpaired) electrons. The topological polar surface area (TPSA) is 40.5 Å². The zero-order chi connectivity index (χ0) is 19.8. The van der Waals surface area contributed by atoms with E-state index < -0.39 is 5.97 Å². The second-order valence-corrected chi connectivity index (χ2v) is 8.66. The Hall–Kier alpha value is -2.13. The number of aliphatic carboxylic acids is 1. The van der Waals surface area contributed by atoms with Crippen molar-refractivity contribution in [2.45, 2.75) is 71.9 Å². The van der Waals surface area contributed by atoms with Gasteiger partial charge in [0, 0.05) is 19.1 Å². The van der Waals surface area contributed by atoms with Crippen LogP contribution in [0.25, 0.3) is 11.1 Å². The van der Waals surface area contributed by atoms with Crippen LogP contribution in [0.3, 0.4) is 0 Å². The Labute approximate surface area is 168 Å². The van der Waals surface area contributed by atoms with Gasteiger partial charge in [0.25, 0.3) is 0 Å². The van der Waals surface area contributed by atoms with Crippen LogP contribution < -0.4 is 0 Å². The van der Waals surface area contributed by atoms with Crippen LogP contribution in [0.2, 0.25) is 0 Å². The molecule has 1 fully saturated rings. The molecule has 3 heteroatoms. The molecule has 0 unspecified atom stereocenters. The fourth-order valence-corrected chi connectivity index (χ4v) is 5.35. The fourth-order valence-electron chi connectivity index (χ4n) is 5.35. The third kappa shape index (κ3) is 3.48. The first-order chi connectivity index (χ1) is 13.5. The molecule has 0 amide bonds. The van der Waals surface area contributed by atoms with Gasteiger partial charge in [-0.1, -0.05) is 42.7 Å². The molecule has 0 aromatic heterocycles. The van der Waals surface area contributed by atoms with Crippen LogP contribution in [0, 0.1) is 20.8 Å². The number of carboxylic acids is 1. The maximum absolute atomic E-state index is 11.7. The Morgan fingerprint density at radius 3 is 2.36 bits per heavy atom. The van der Waals surface area contributed by atoms with E-state index in [0.29, 0.717) is 0 Å². The van der Waals surface area contributed by atoms with Crippen molar-refractivity contribution in [1.82, 2.24) is 4.90 Å². The van der Waals surface area contributed by atoms with Gasteiger partial charge < -0.3 is 5.11 Å². The molecule has 4 rings (SSSR count). The lowest BCUT2D eigenvalue weighted by molar-refractivity contribution is -0.136.